The number of aromatic hydroxyl groups is 1. The zero-order valence-electron chi connectivity index (χ0n) is 20.2. The van der Waals surface area contributed by atoms with Gasteiger partial charge in [-0.3, -0.25) is 19.2 Å². The topological polar surface area (TPSA) is 129 Å². The first kappa shape index (κ1) is 25.1. The highest BCUT2D eigenvalue weighted by molar-refractivity contribution is 6.08. The number of aromatic nitrogens is 2. The van der Waals surface area contributed by atoms with Gasteiger partial charge in [0, 0.05) is 34.0 Å². The third-order valence-electron chi connectivity index (χ3n) is 5.73. The fourth-order valence-electron chi connectivity index (χ4n) is 3.93. The van der Waals surface area contributed by atoms with Crippen LogP contribution in [0.5, 0.6) is 11.5 Å². The Morgan fingerprint density at radius 1 is 0.703 bits per heavy atom. The molecule has 2 heterocycles. The van der Waals surface area contributed by atoms with Crippen molar-refractivity contribution in [1.29, 1.82) is 0 Å². The zero-order chi connectivity index (χ0) is 26.5. The van der Waals surface area contributed by atoms with Gasteiger partial charge in [-0.15, -0.1) is 0 Å². The molecule has 0 bridgehead atoms. The van der Waals surface area contributed by atoms with Gasteiger partial charge in [0.15, 0.2) is 11.6 Å². The van der Waals surface area contributed by atoms with Gasteiger partial charge in [0.1, 0.15) is 18.1 Å². The van der Waals surface area contributed by atoms with Gasteiger partial charge >= 0.3 is 0 Å². The summed E-state index contributed by atoms with van der Waals surface area (Å²) in [5.74, 6) is 0.368. The first-order valence-corrected chi connectivity index (χ1v) is 11.4. The lowest BCUT2D eigenvalue weighted by molar-refractivity contribution is 0.101. The highest BCUT2D eigenvalue weighted by Gasteiger charge is 2.11. The van der Waals surface area contributed by atoms with Crippen molar-refractivity contribution in [3.05, 3.63) is 116 Å². The van der Waals surface area contributed by atoms with Gasteiger partial charge in [-0.25, -0.2) is 0 Å². The lowest BCUT2D eigenvalue weighted by Gasteiger charge is -2.11. The van der Waals surface area contributed by atoms with Crippen LogP contribution >= 0.6 is 0 Å². The van der Waals surface area contributed by atoms with Crippen LogP contribution in [0.1, 0.15) is 40.1 Å². The largest absolute Gasteiger partial charge is 0.506 e. The van der Waals surface area contributed by atoms with Crippen LogP contribution in [0.15, 0.2) is 88.5 Å². The van der Waals surface area contributed by atoms with Crippen LogP contribution in [0.4, 0.5) is 0 Å². The summed E-state index contributed by atoms with van der Waals surface area (Å²) in [6.45, 7) is 3.34. The Morgan fingerprint density at radius 3 is 1.84 bits per heavy atom. The first-order chi connectivity index (χ1) is 17.7. The van der Waals surface area contributed by atoms with Crippen molar-refractivity contribution in [2.24, 2.45) is 0 Å². The smallest absolute Gasteiger partial charge is 0.248 e. The maximum absolute atomic E-state index is 11.7. The summed E-state index contributed by atoms with van der Waals surface area (Å²) < 4.78 is 5.81. The summed E-state index contributed by atoms with van der Waals surface area (Å²) in [7, 11) is 0. The van der Waals surface area contributed by atoms with Gasteiger partial charge < -0.3 is 19.8 Å². The number of carbonyl (C=O) groups is 2. The van der Waals surface area contributed by atoms with E-state index in [9.17, 15) is 24.3 Å². The lowest BCUT2D eigenvalue weighted by atomic mass is 10.0. The molecule has 0 aliphatic heterocycles. The molecule has 3 aromatic carbocycles. The third-order valence-corrected chi connectivity index (χ3v) is 5.73. The molecule has 8 heteroatoms. The molecule has 0 saturated heterocycles. The molecule has 0 amide bonds. The number of benzene rings is 3. The number of phenolic OH excluding ortho intramolecular Hbond substituents is 1. The summed E-state index contributed by atoms with van der Waals surface area (Å²) in [5, 5.41) is 10.8. The van der Waals surface area contributed by atoms with E-state index in [1.165, 1.54) is 44.2 Å². The number of carbonyl (C=O) groups excluding carboxylic acids is 2. The van der Waals surface area contributed by atoms with Gasteiger partial charge in [0.05, 0.1) is 11.0 Å². The van der Waals surface area contributed by atoms with Gasteiger partial charge in [-0.2, -0.15) is 0 Å². The Kier molecular flexibility index (Phi) is 7.29. The molecular weight excluding hydrogens is 472 g/mol. The second-order valence-corrected chi connectivity index (χ2v) is 8.35. The maximum atomic E-state index is 11.7. The van der Waals surface area contributed by atoms with Crippen LogP contribution < -0.4 is 15.9 Å². The number of ketones is 2. The highest BCUT2D eigenvalue weighted by Crippen LogP contribution is 2.27. The molecule has 0 aliphatic carbocycles. The molecule has 0 atom stereocenters. The number of H-pyrrole nitrogens is 2. The molecule has 186 valence electrons. The fourth-order valence-corrected chi connectivity index (χ4v) is 3.93. The quantitative estimate of drug-likeness (QED) is 0.301. The number of fused-ring (bicyclic) bond motifs is 2. The monoisotopic (exact) mass is 496 g/mol. The van der Waals surface area contributed by atoms with Crippen LogP contribution in [0.3, 0.4) is 0 Å². The number of aromatic amines is 2. The van der Waals surface area contributed by atoms with Crippen LogP contribution in [-0.2, 0) is 6.61 Å². The second-order valence-electron chi connectivity index (χ2n) is 8.35. The number of ether oxygens (including phenoxy) is 1. The van der Waals surface area contributed by atoms with Gasteiger partial charge in [0.2, 0.25) is 11.1 Å². The summed E-state index contributed by atoms with van der Waals surface area (Å²) in [4.78, 5) is 50.9. The van der Waals surface area contributed by atoms with Crippen LogP contribution in [0, 0.1) is 0 Å². The lowest BCUT2D eigenvalue weighted by Crippen LogP contribution is -2.07. The van der Waals surface area contributed by atoms with Crippen molar-refractivity contribution in [1.82, 2.24) is 9.97 Å². The maximum Gasteiger partial charge on any atom is 0.248 e. The Hall–Kier alpha value is -4.98. The van der Waals surface area contributed by atoms with E-state index >= 15 is 0 Å². The Labute approximate surface area is 211 Å². The molecule has 5 aromatic rings. The van der Waals surface area contributed by atoms with E-state index in [1.54, 1.807) is 18.2 Å². The van der Waals surface area contributed by atoms with E-state index in [2.05, 4.69) is 9.97 Å². The molecular formula is C29H24N2O6. The van der Waals surface area contributed by atoms with Crippen molar-refractivity contribution in [3.63, 3.8) is 0 Å². The van der Waals surface area contributed by atoms with Crippen LogP contribution in [0.25, 0.3) is 21.8 Å². The number of hydrogen-bond acceptors (Lipinski definition) is 6. The predicted molar refractivity (Wildman–Crippen MR) is 142 cm³/mol. The van der Waals surface area contributed by atoms with Crippen molar-refractivity contribution in [3.8, 4) is 11.5 Å². The highest BCUT2D eigenvalue weighted by atomic mass is 16.5. The van der Waals surface area contributed by atoms with E-state index in [4.69, 9.17) is 4.74 Å². The average Bonchev–Trinajstić information content (AvgIpc) is 2.88. The number of hydrogen-bond donors (Lipinski definition) is 3. The molecule has 3 N–H and O–H groups in total. The van der Waals surface area contributed by atoms with E-state index in [0.29, 0.717) is 45.3 Å². The van der Waals surface area contributed by atoms with Gasteiger partial charge in [-0.1, -0.05) is 30.3 Å². The molecule has 0 fully saturated rings. The number of rotatable bonds is 5. The number of Topliss-reactive ketones (excluding diaryl/α,β-unsaturated/α-hetero) is 2. The average molecular weight is 497 g/mol. The normalized spacial score (nSPS) is 10.5. The molecule has 0 unspecified atom stereocenters. The fraction of sp³-hybridized carbons (Fsp3) is 0.103. The number of nitrogens with one attached hydrogen (secondary N) is 2. The van der Waals surface area contributed by atoms with E-state index in [0.717, 1.165) is 5.56 Å². The van der Waals surface area contributed by atoms with E-state index < -0.39 is 0 Å². The zero-order valence-corrected chi connectivity index (χ0v) is 20.2. The Balaban J connectivity index is 0.000000186. The molecule has 0 radical (unpaired) electrons. The molecule has 37 heavy (non-hydrogen) atoms. The standard InChI is InChI=1S/C18H15NO3.C11H9NO3/c1-12(20)14-7-9-16(18-15(14)8-10-17(21)19-18)22-11-13-5-3-2-4-6-13;1-6(13)7-2-4-9(14)11-8(7)3-5-10(15)12-11/h2-10H,11H2,1H3,(H,19,21);2-5,14H,1H3,(H,12,15). The summed E-state index contributed by atoms with van der Waals surface area (Å²) in [6, 6.07) is 22.1. The SMILES string of the molecule is CC(=O)c1ccc(O)c2[nH]c(=O)ccc12.CC(=O)c1ccc(OCc2ccccc2)c2[nH]c(=O)ccc12. The summed E-state index contributed by atoms with van der Waals surface area (Å²) in [6.07, 6.45) is 0. The predicted octanol–water partition coefficient (Wildman–Crippen LogP) is 4.75. The molecule has 0 spiro atoms. The number of phenols is 1. The van der Waals surface area contributed by atoms with E-state index in [-0.39, 0.29) is 28.4 Å². The van der Waals surface area contributed by atoms with Gasteiger partial charge in [0.25, 0.3) is 0 Å². The minimum Gasteiger partial charge on any atom is -0.506 e. The summed E-state index contributed by atoms with van der Waals surface area (Å²) in [5.41, 5.74) is 2.41. The third kappa shape index (κ3) is 5.65. The molecule has 8 nitrogen and oxygen atoms in total. The molecule has 5 rings (SSSR count). The van der Waals surface area contributed by atoms with Gasteiger partial charge in [-0.05, 0) is 55.8 Å². The molecule has 0 saturated carbocycles. The van der Waals surface area contributed by atoms with Crippen LogP contribution in [-0.4, -0.2) is 26.6 Å². The minimum atomic E-state index is -0.307. The second kappa shape index (κ2) is 10.7. The number of pyridine rings is 2. The Bertz CT molecular complexity index is 1740. The molecule has 2 aromatic heterocycles. The van der Waals surface area contributed by atoms with Crippen molar-refractivity contribution < 1.29 is 19.4 Å². The van der Waals surface area contributed by atoms with Crippen molar-refractivity contribution >= 4 is 33.4 Å². The minimum absolute atomic E-state index is 0.0345. The van der Waals surface area contributed by atoms with Crippen molar-refractivity contribution in [2.75, 3.05) is 0 Å². The van der Waals surface area contributed by atoms with E-state index in [1.807, 2.05) is 30.3 Å². The van der Waals surface area contributed by atoms with Crippen molar-refractivity contribution in [2.45, 2.75) is 20.5 Å². The first-order valence-electron chi connectivity index (χ1n) is 11.4. The Morgan fingerprint density at radius 2 is 1.24 bits per heavy atom. The van der Waals surface area contributed by atoms with Crippen LogP contribution in [0.2, 0.25) is 0 Å². The molecule has 0 aliphatic rings. The summed E-state index contributed by atoms with van der Waals surface area (Å²) >= 11 is 0.